The number of halogens is 1. The summed E-state index contributed by atoms with van der Waals surface area (Å²) in [5.41, 5.74) is 1.13. The van der Waals surface area contributed by atoms with Crippen LogP contribution in [0, 0.1) is 0 Å². The summed E-state index contributed by atoms with van der Waals surface area (Å²) >= 11 is 7.89. The molecule has 0 aliphatic carbocycles. The third-order valence-corrected chi connectivity index (χ3v) is 3.93. The summed E-state index contributed by atoms with van der Waals surface area (Å²) in [7, 11) is 0. The van der Waals surface area contributed by atoms with Gasteiger partial charge in [0.2, 0.25) is 0 Å². The fourth-order valence-corrected chi connectivity index (χ4v) is 2.75. The molecule has 1 aromatic carbocycles. The highest BCUT2D eigenvalue weighted by Gasteiger charge is 2.10. The number of aliphatic hydroxyl groups excluding tert-OH is 1. The Morgan fingerprint density at radius 2 is 2.24 bits per heavy atom. The summed E-state index contributed by atoms with van der Waals surface area (Å²) in [4.78, 5) is 1.16. The van der Waals surface area contributed by atoms with Crippen molar-refractivity contribution in [1.82, 2.24) is 5.32 Å². The third-order valence-electron chi connectivity index (χ3n) is 2.39. The maximum atomic E-state index is 9.10. The van der Waals surface area contributed by atoms with E-state index in [9.17, 15) is 0 Å². The van der Waals surface area contributed by atoms with Gasteiger partial charge in [-0.2, -0.15) is 0 Å². The molecule has 0 bridgehead atoms. The Morgan fingerprint density at radius 1 is 1.47 bits per heavy atom. The molecule has 0 heterocycles. The van der Waals surface area contributed by atoms with Crippen molar-refractivity contribution in [2.75, 3.05) is 13.2 Å². The Bertz CT molecular complexity index is 346. The van der Waals surface area contributed by atoms with Crippen molar-refractivity contribution < 1.29 is 5.11 Å². The lowest BCUT2D eigenvalue weighted by Crippen LogP contribution is -2.15. The van der Waals surface area contributed by atoms with Crippen LogP contribution in [-0.4, -0.2) is 23.5 Å². The van der Waals surface area contributed by atoms with Gasteiger partial charge in [-0.1, -0.05) is 31.5 Å². The summed E-state index contributed by atoms with van der Waals surface area (Å²) in [6.45, 7) is 6.11. The molecule has 0 amide bonds. The molecule has 0 aliphatic heterocycles. The molecule has 0 aromatic heterocycles. The van der Waals surface area contributed by atoms with Gasteiger partial charge in [-0.05, 0) is 30.7 Å². The molecule has 2 N–H and O–H groups in total. The zero-order chi connectivity index (χ0) is 12.7. The first-order valence-corrected chi connectivity index (χ1v) is 7.20. The number of nitrogens with one attached hydrogen (secondary N) is 1. The van der Waals surface area contributed by atoms with Gasteiger partial charge in [0.25, 0.3) is 0 Å². The Hall–Kier alpha value is -0.220. The molecule has 1 unspecified atom stereocenters. The first kappa shape index (κ1) is 14.8. The molecule has 17 heavy (non-hydrogen) atoms. The van der Waals surface area contributed by atoms with E-state index in [-0.39, 0.29) is 11.9 Å². The van der Waals surface area contributed by atoms with Gasteiger partial charge in [0.05, 0.1) is 6.61 Å². The van der Waals surface area contributed by atoms with Crippen LogP contribution < -0.4 is 5.32 Å². The molecule has 1 aromatic rings. The van der Waals surface area contributed by atoms with Gasteiger partial charge in [-0.25, -0.2) is 0 Å². The monoisotopic (exact) mass is 273 g/mol. The predicted octanol–water partition coefficient (Wildman–Crippen LogP) is 3.31. The highest BCUT2D eigenvalue weighted by atomic mass is 35.5. The van der Waals surface area contributed by atoms with E-state index in [1.807, 2.05) is 19.1 Å². The lowest BCUT2D eigenvalue weighted by molar-refractivity contribution is 0.300. The predicted molar refractivity (Wildman–Crippen MR) is 75.9 cm³/mol. The van der Waals surface area contributed by atoms with Crippen LogP contribution in [0.1, 0.15) is 25.8 Å². The topological polar surface area (TPSA) is 32.3 Å². The minimum absolute atomic E-state index is 0.180. The van der Waals surface area contributed by atoms with E-state index in [1.165, 1.54) is 0 Å². The van der Waals surface area contributed by atoms with Crippen molar-refractivity contribution >= 4 is 23.4 Å². The summed E-state index contributed by atoms with van der Waals surface area (Å²) in [6, 6.07) is 5.93. The lowest BCUT2D eigenvalue weighted by Gasteiger charge is -2.14. The second kappa shape index (κ2) is 7.98. The van der Waals surface area contributed by atoms with Crippen LogP contribution in [0.3, 0.4) is 0 Å². The molecule has 0 radical (unpaired) electrons. The first-order chi connectivity index (χ1) is 8.19. The number of thioether (sulfide) groups is 1. The average molecular weight is 274 g/mol. The molecule has 0 fully saturated rings. The average Bonchev–Trinajstić information content (AvgIpc) is 2.32. The Kier molecular flexibility index (Phi) is 6.97. The van der Waals surface area contributed by atoms with Gasteiger partial charge in [-0.3, -0.25) is 0 Å². The van der Waals surface area contributed by atoms with Crippen molar-refractivity contribution in [3.8, 4) is 0 Å². The molecular formula is C13H20ClNOS. The van der Waals surface area contributed by atoms with Crippen LogP contribution in [0.2, 0.25) is 5.02 Å². The summed E-state index contributed by atoms with van der Waals surface area (Å²) in [6.07, 6.45) is 1.11. The van der Waals surface area contributed by atoms with Gasteiger partial charge in [0.15, 0.2) is 0 Å². The second-order valence-corrected chi connectivity index (χ2v) is 5.89. The summed E-state index contributed by atoms with van der Waals surface area (Å²) in [5.74, 6) is 0. The normalized spacial score (nSPS) is 12.7. The van der Waals surface area contributed by atoms with Gasteiger partial charge in [0.1, 0.15) is 0 Å². The standard InChI is InChI=1S/C13H20ClNOS/c1-3-7-15-8-11-12(14)5-4-6-13(11)17-10(2)9-16/h4-6,10,15-16H,3,7-9H2,1-2H3. The van der Waals surface area contributed by atoms with E-state index in [0.29, 0.717) is 0 Å². The molecule has 0 saturated carbocycles. The SMILES string of the molecule is CCCNCc1c(Cl)cccc1SC(C)CO. The van der Waals surface area contributed by atoms with Crippen LogP contribution in [0.15, 0.2) is 23.1 Å². The minimum atomic E-state index is 0.180. The summed E-state index contributed by atoms with van der Waals surface area (Å²) in [5, 5.41) is 13.5. The van der Waals surface area contributed by atoms with Crippen molar-refractivity contribution in [1.29, 1.82) is 0 Å². The molecule has 1 atom stereocenters. The van der Waals surface area contributed by atoms with Crippen LogP contribution in [-0.2, 0) is 6.54 Å². The number of hydrogen-bond donors (Lipinski definition) is 2. The van der Waals surface area contributed by atoms with Crippen LogP contribution in [0.25, 0.3) is 0 Å². The Labute approximate surface area is 113 Å². The first-order valence-electron chi connectivity index (χ1n) is 5.94. The van der Waals surface area contributed by atoms with E-state index in [4.69, 9.17) is 16.7 Å². The van der Waals surface area contributed by atoms with Crippen molar-refractivity contribution in [2.24, 2.45) is 0 Å². The highest BCUT2D eigenvalue weighted by molar-refractivity contribution is 8.00. The maximum Gasteiger partial charge on any atom is 0.0550 e. The zero-order valence-electron chi connectivity index (χ0n) is 10.4. The minimum Gasteiger partial charge on any atom is -0.395 e. The van der Waals surface area contributed by atoms with Gasteiger partial charge in [-0.15, -0.1) is 11.8 Å². The maximum absolute atomic E-state index is 9.10. The molecular weight excluding hydrogens is 254 g/mol. The molecule has 4 heteroatoms. The number of hydrogen-bond acceptors (Lipinski definition) is 3. The molecule has 0 aliphatic rings. The fraction of sp³-hybridized carbons (Fsp3) is 0.538. The van der Waals surface area contributed by atoms with Crippen molar-refractivity contribution in [2.45, 2.75) is 37.0 Å². The number of rotatable bonds is 7. The van der Waals surface area contributed by atoms with Crippen LogP contribution in [0.5, 0.6) is 0 Å². The fourth-order valence-electron chi connectivity index (χ4n) is 1.47. The highest BCUT2D eigenvalue weighted by Crippen LogP contribution is 2.31. The quantitative estimate of drug-likeness (QED) is 0.591. The van der Waals surface area contributed by atoms with E-state index in [0.717, 1.165) is 35.0 Å². The van der Waals surface area contributed by atoms with Gasteiger partial charge >= 0.3 is 0 Å². The van der Waals surface area contributed by atoms with Crippen LogP contribution in [0.4, 0.5) is 0 Å². The van der Waals surface area contributed by atoms with Crippen molar-refractivity contribution in [3.05, 3.63) is 28.8 Å². The van der Waals surface area contributed by atoms with E-state index in [1.54, 1.807) is 11.8 Å². The molecule has 0 saturated heterocycles. The smallest absolute Gasteiger partial charge is 0.0550 e. The van der Waals surface area contributed by atoms with Crippen molar-refractivity contribution in [3.63, 3.8) is 0 Å². The summed E-state index contributed by atoms with van der Waals surface area (Å²) < 4.78 is 0. The third kappa shape index (κ3) is 4.88. The molecule has 1 rings (SSSR count). The molecule has 96 valence electrons. The van der Waals surface area contributed by atoms with E-state index in [2.05, 4.69) is 18.3 Å². The number of benzene rings is 1. The van der Waals surface area contributed by atoms with E-state index < -0.39 is 0 Å². The zero-order valence-corrected chi connectivity index (χ0v) is 11.9. The number of aliphatic hydroxyl groups is 1. The van der Waals surface area contributed by atoms with Gasteiger partial charge in [0, 0.05) is 21.7 Å². The van der Waals surface area contributed by atoms with E-state index >= 15 is 0 Å². The Morgan fingerprint density at radius 3 is 2.88 bits per heavy atom. The van der Waals surface area contributed by atoms with Crippen LogP contribution >= 0.6 is 23.4 Å². The Balaban J connectivity index is 2.76. The largest absolute Gasteiger partial charge is 0.395 e. The molecule has 0 spiro atoms. The lowest BCUT2D eigenvalue weighted by atomic mass is 10.2. The molecule has 2 nitrogen and oxygen atoms in total. The second-order valence-electron chi connectivity index (χ2n) is 4.00. The van der Waals surface area contributed by atoms with Gasteiger partial charge < -0.3 is 10.4 Å².